The fourth-order valence-electron chi connectivity index (χ4n) is 0.823. The van der Waals surface area contributed by atoms with Crippen molar-refractivity contribution in [1.29, 1.82) is 0 Å². The van der Waals surface area contributed by atoms with Gasteiger partial charge in [0.15, 0.2) is 0 Å². The lowest BCUT2D eigenvalue weighted by Gasteiger charge is -2.06. The van der Waals surface area contributed by atoms with Gasteiger partial charge in [-0.3, -0.25) is 4.79 Å². The van der Waals surface area contributed by atoms with E-state index in [1.54, 1.807) is 6.92 Å². The Kier molecular flexibility index (Phi) is 5.08. The van der Waals surface area contributed by atoms with Crippen LogP contribution in [0.1, 0.15) is 26.7 Å². The molecule has 0 aromatic carbocycles. The summed E-state index contributed by atoms with van der Waals surface area (Å²) in [5.41, 5.74) is 4.85. The summed E-state index contributed by atoms with van der Waals surface area (Å²) >= 11 is 0. The van der Waals surface area contributed by atoms with Gasteiger partial charge in [-0.25, -0.2) is 4.79 Å². The lowest BCUT2D eigenvalue weighted by Crippen LogP contribution is -2.30. The molecule has 4 nitrogen and oxygen atoms in total. The van der Waals surface area contributed by atoms with E-state index in [2.05, 4.69) is 5.32 Å². The van der Waals surface area contributed by atoms with E-state index in [1.807, 2.05) is 6.92 Å². The molecular weight excluding hydrogens is 156 g/mol. The highest BCUT2D eigenvalue weighted by Crippen LogP contribution is 2.04. The topological polar surface area (TPSA) is 72.2 Å². The second kappa shape index (κ2) is 5.57. The first-order chi connectivity index (χ1) is 5.54. The van der Waals surface area contributed by atoms with E-state index in [0.29, 0.717) is 6.54 Å². The molecule has 0 aliphatic carbocycles. The number of amides is 2. The Morgan fingerprint density at radius 3 is 2.50 bits per heavy atom. The van der Waals surface area contributed by atoms with Gasteiger partial charge in [0.2, 0.25) is 0 Å². The van der Waals surface area contributed by atoms with E-state index >= 15 is 0 Å². The quantitative estimate of drug-likeness (QED) is 0.598. The van der Waals surface area contributed by atoms with E-state index in [-0.39, 0.29) is 11.7 Å². The van der Waals surface area contributed by atoms with Crippen LogP contribution in [0.15, 0.2) is 0 Å². The van der Waals surface area contributed by atoms with Gasteiger partial charge in [0, 0.05) is 12.5 Å². The van der Waals surface area contributed by atoms with Gasteiger partial charge in [-0.2, -0.15) is 0 Å². The average molecular weight is 172 g/mol. The van der Waals surface area contributed by atoms with Crippen molar-refractivity contribution in [3.8, 4) is 0 Å². The van der Waals surface area contributed by atoms with Crippen LogP contribution in [0.25, 0.3) is 0 Å². The summed E-state index contributed by atoms with van der Waals surface area (Å²) in [4.78, 5) is 21.0. The van der Waals surface area contributed by atoms with E-state index in [0.717, 1.165) is 12.8 Å². The van der Waals surface area contributed by atoms with Gasteiger partial charge in [0.25, 0.3) is 0 Å². The lowest BCUT2D eigenvalue weighted by molar-refractivity contribution is -0.120. The van der Waals surface area contributed by atoms with Crippen LogP contribution >= 0.6 is 0 Å². The Balaban J connectivity index is 3.31. The molecule has 0 bridgehead atoms. The average Bonchev–Trinajstić information content (AvgIpc) is 1.97. The first-order valence-corrected chi connectivity index (χ1v) is 4.07. The molecule has 0 aromatic rings. The van der Waals surface area contributed by atoms with Crippen molar-refractivity contribution >= 4 is 11.8 Å². The van der Waals surface area contributed by atoms with Crippen molar-refractivity contribution in [3.63, 3.8) is 0 Å². The SMILES string of the molecule is CC(=O)[C@H](C)CCCNC(N)=O. The van der Waals surface area contributed by atoms with Gasteiger partial charge in [0.1, 0.15) is 5.78 Å². The third-order valence-corrected chi connectivity index (χ3v) is 1.81. The summed E-state index contributed by atoms with van der Waals surface area (Å²) in [6.45, 7) is 4.01. The first kappa shape index (κ1) is 10.9. The maximum atomic E-state index is 10.8. The van der Waals surface area contributed by atoms with Crippen LogP contribution in [0, 0.1) is 5.92 Å². The van der Waals surface area contributed by atoms with Crippen LogP contribution in [-0.2, 0) is 4.79 Å². The van der Waals surface area contributed by atoms with E-state index in [4.69, 9.17) is 5.73 Å². The Bertz CT molecular complexity index is 168. The van der Waals surface area contributed by atoms with E-state index in [9.17, 15) is 9.59 Å². The zero-order valence-corrected chi connectivity index (χ0v) is 7.59. The number of hydrogen-bond donors (Lipinski definition) is 2. The van der Waals surface area contributed by atoms with Gasteiger partial charge < -0.3 is 11.1 Å². The monoisotopic (exact) mass is 172 g/mol. The zero-order chi connectivity index (χ0) is 9.56. The molecule has 0 saturated heterocycles. The standard InChI is InChI=1S/C8H16N2O2/c1-6(7(2)11)4-3-5-10-8(9)12/h6H,3-5H2,1-2H3,(H3,9,10,12)/t6-/m1/s1. The molecule has 3 N–H and O–H groups in total. The second-order valence-electron chi connectivity index (χ2n) is 2.94. The maximum absolute atomic E-state index is 10.8. The summed E-state index contributed by atoms with van der Waals surface area (Å²) in [5, 5.41) is 2.47. The van der Waals surface area contributed by atoms with Gasteiger partial charge in [0.05, 0.1) is 0 Å². The van der Waals surface area contributed by atoms with Crippen molar-refractivity contribution in [1.82, 2.24) is 5.32 Å². The summed E-state index contributed by atoms with van der Waals surface area (Å²) in [6.07, 6.45) is 1.60. The molecule has 0 saturated carbocycles. The van der Waals surface area contributed by atoms with Crippen molar-refractivity contribution in [2.45, 2.75) is 26.7 Å². The fourth-order valence-corrected chi connectivity index (χ4v) is 0.823. The predicted octanol–water partition coefficient (Wildman–Crippen LogP) is 0.660. The number of nitrogens with one attached hydrogen (secondary N) is 1. The Hall–Kier alpha value is -1.06. The van der Waals surface area contributed by atoms with Crippen LogP contribution in [0.3, 0.4) is 0 Å². The zero-order valence-electron chi connectivity index (χ0n) is 7.59. The van der Waals surface area contributed by atoms with Crippen LogP contribution in [-0.4, -0.2) is 18.4 Å². The molecule has 0 aliphatic rings. The number of primary amides is 1. The highest BCUT2D eigenvalue weighted by atomic mass is 16.2. The summed E-state index contributed by atoms with van der Waals surface area (Å²) in [5.74, 6) is 0.272. The van der Waals surface area contributed by atoms with Gasteiger partial charge in [-0.1, -0.05) is 6.92 Å². The number of urea groups is 1. The number of hydrogen-bond acceptors (Lipinski definition) is 2. The highest BCUT2D eigenvalue weighted by molar-refractivity contribution is 5.77. The van der Waals surface area contributed by atoms with Crippen molar-refractivity contribution in [2.75, 3.05) is 6.54 Å². The van der Waals surface area contributed by atoms with E-state index in [1.165, 1.54) is 0 Å². The molecule has 0 radical (unpaired) electrons. The second-order valence-corrected chi connectivity index (χ2v) is 2.94. The third-order valence-electron chi connectivity index (χ3n) is 1.81. The predicted molar refractivity (Wildman–Crippen MR) is 46.7 cm³/mol. The molecule has 70 valence electrons. The third kappa shape index (κ3) is 5.70. The first-order valence-electron chi connectivity index (χ1n) is 4.07. The molecule has 4 heteroatoms. The van der Waals surface area contributed by atoms with Crippen LogP contribution in [0.4, 0.5) is 4.79 Å². The van der Waals surface area contributed by atoms with Crippen molar-refractivity contribution in [2.24, 2.45) is 11.7 Å². The molecular formula is C8H16N2O2. The number of rotatable bonds is 5. The molecule has 0 rings (SSSR count). The Labute approximate surface area is 72.5 Å². The summed E-state index contributed by atoms with van der Waals surface area (Å²) in [6, 6.07) is -0.509. The Morgan fingerprint density at radius 2 is 2.08 bits per heavy atom. The minimum absolute atomic E-state index is 0.0830. The number of Topliss-reactive ketones (excluding diaryl/α,β-unsaturated/α-hetero) is 1. The molecule has 0 fully saturated rings. The molecule has 0 unspecified atom stereocenters. The van der Waals surface area contributed by atoms with Crippen LogP contribution < -0.4 is 11.1 Å². The van der Waals surface area contributed by atoms with Crippen molar-refractivity contribution < 1.29 is 9.59 Å². The van der Waals surface area contributed by atoms with Gasteiger partial charge >= 0.3 is 6.03 Å². The molecule has 0 aliphatic heterocycles. The maximum Gasteiger partial charge on any atom is 0.312 e. The minimum atomic E-state index is -0.509. The Morgan fingerprint density at radius 1 is 1.50 bits per heavy atom. The van der Waals surface area contributed by atoms with Gasteiger partial charge in [-0.05, 0) is 19.8 Å². The molecule has 12 heavy (non-hydrogen) atoms. The van der Waals surface area contributed by atoms with E-state index < -0.39 is 6.03 Å². The largest absolute Gasteiger partial charge is 0.352 e. The fraction of sp³-hybridized carbons (Fsp3) is 0.750. The smallest absolute Gasteiger partial charge is 0.312 e. The van der Waals surface area contributed by atoms with Crippen molar-refractivity contribution in [3.05, 3.63) is 0 Å². The number of carbonyl (C=O) groups excluding carboxylic acids is 2. The molecule has 1 atom stereocenters. The minimum Gasteiger partial charge on any atom is -0.352 e. The normalized spacial score (nSPS) is 12.2. The molecule has 0 spiro atoms. The number of nitrogens with two attached hydrogens (primary N) is 1. The lowest BCUT2D eigenvalue weighted by atomic mass is 10.0. The molecule has 2 amide bonds. The highest BCUT2D eigenvalue weighted by Gasteiger charge is 2.06. The van der Waals surface area contributed by atoms with Crippen LogP contribution in [0.2, 0.25) is 0 Å². The van der Waals surface area contributed by atoms with Gasteiger partial charge in [-0.15, -0.1) is 0 Å². The number of ketones is 1. The summed E-state index contributed by atoms with van der Waals surface area (Å²) in [7, 11) is 0. The summed E-state index contributed by atoms with van der Waals surface area (Å²) < 4.78 is 0. The van der Waals surface area contributed by atoms with Crippen LogP contribution in [0.5, 0.6) is 0 Å². The molecule has 0 heterocycles. The molecule has 0 aromatic heterocycles. The number of carbonyl (C=O) groups is 2.